The molecule has 3 aromatic rings. The Kier molecular flexibility index (Phi) is 5.36. The van der Waals surface area contributed by atoms with Gasteiger partial charge >= 0.3 is 0 Å². The van der Waals surface area contributed by atoms with E-state index in [0.29, 0.717) is 0 Å². The molecule has 3 aromatic carbocycles. The second-order valence-corrected chi connectivity index (χ2v) is 6.49. The van der Waals surface area contributed by atoms with Crippen molar-refractivity contribution >= 4 is 40.2 Å². The molecule has 0 spiro atoms. The molecule has 0 bridgehead atoms. The predicted molar refractivity (Wildman–Crippen MR) is 108 cm³/mol. The summed E-state index contributed by atoms with van der Waals surface area (Å²) >= 11 is 3.61. The summed E-state index contributed by atoms with van der Waals surface area (Å²) < 4.78 is 1.01. The number of hydrogen-bond acceptors (Lipinski definition) is 2. The SMILES string of the molecule is Oc1ccc(C=Cc2ccc(/C=C/c3ccc(O)cc3)cc2Br)cc1. The van der Waals surface area contributed by atoms with Crippen LogP contribution in [-0.2, 0) is 0 Å². The van der Waals surface area contributed by atoms with Gasteiger partial charge in [0.2, 0.25) is 0 Å². The third-order valence-electron chi connectivity index (χ3n) is 3.73. The molecule has 0 saturated heterocycles. The van der Waals surface area contributed by atoms with Gasteiger partial charge in [0.05, 0.1) is 0 Å². The molecule has 0 aromatic heterocycles. The number of benzene rings is 3. The highest BCUT2D eigenvalue weighted by atomic mass is 79.9. The summed E-state index contributed by atoms with van der Waals surface area (Å²) in [7, 11) is 0. The van der Waals surface area contributed by atoms with Crippen LogP contribution in [0.15, 0.2) is 71.2 Å². The highest BCUT2D eigenvalue weighted by molar-refractivity contribution is 9.10. The third-order valence-corrected chi connectivity index (χ3v) is 4.42. The molecule has 0 atom stereocenters. The van der Waals surface area contributed by atoms with Crippen molar-refractivity contribution in [3.63, 3.8) is 0 Å². The number of phenols is 2. The Morgan fingerprint density at radius 1 is 0.560 bits per heavy atom. The van der Waals surface area contributed by atoms with Crippen molar-refractivity contribution in [1.29, 1.82) is 0 Å². The van der Waals surface area contributed by atoms with E-state index in [2.05, 4.69) is 34.1 Å². The van der Waals surface area contributed by atoms with Gasteiger partial charge in [-0.2, -0.15) is 0 Å². The Morgan fingerprint density at radius 2 is 1.00 bits per heavy atom. The standard InChI is InChI=1S/C22H17BrO2/c23-22-15-18(2-1-16-5-11-20(24)12-6-16)4-10-19(22)9-3-17-7-13-21(25)14-8-17/h1-15,24-25H/b2-1+,9-3?. The first kappa shape index (κ1) is 17.1. The molecule has 3 rings (SSSR count). The number of phenolic OH excluding ortho intramolecular Hbond substituents is 2. The average Bonchev–Trinajstić information content (AvgIpc) is 2.62. The summed E-state index contributed by atoms with van der Waals surface area (Å²) in [5.74, 6) is 0.535. The minimum atomic E-state index is 0.267. The van der Waals surface area contributed by atoms with Crippen LogP contribution in [0.25, 0.3) is 24.3 Å². The summed E-state index contributed by atoms with van der Waals surface area (Å²) in [6, 6.07) is 20.3. The van der Waals surface area contributed by atoms with Crippen molar-refractivity contribution in [1.82, 2.24) is 0 Å². The molecule has 0 aliphatic carbocycles. The third kappa shape index (κ3) is 4.85. The maximum absolute atomic E-state index is 9.31. The Hall–Kier alpha value is -2.78. The first-order chi connectivity index (χ1) is 12.1. The molecule has 0 radical (unpaired) electrons. The maximum atomic E-state index is 9.31. The highest BCUT2D eigenvalue weighted by Crippen LogP contribution is 2.23. The van der Waals surface area contributed by atoms with Crippen molar-refractivity contribution in [3.8, 4) is 11.5 Å². The van der Waals surface area contributed by atoms with E-state index in [9.17, 15) is 10.2 Å². The van der Waals surface area contributed by atoms with Crippen LogP contribution in [0.5, 0.6) is 11.5 Å². The van der Waals surface area contributed by atoms with Crippen LogP contribution >= 0.6 is 15.9 Å². The van der Waals surface area contributed by atoms with Crippen LogP contribution in [0.3, 0.4) is 0 Å². The summed E-state index contributed by atoms with van der Waals surface area (Å²) in [5, 5.41) is 18.6. The van der Waals surface area contributed by atoms with Crippen LogP contribution in [-0.4, -0.2) is 10.2 Å². The fourth-order valence-corrected chi connectivity index (χ4v) is 2.86. The Labute approximate surface area is 155 Å². The zero-order valence-electron chi connectivity index (χ0n) is 13.4. The molecular weight excluding hydrogens is 376 g/mol. The van der Waals surface area contributed by atoms with Crippen LogP contribution in [0, 0.1) is 0 Å². The summed E-state index contributed by atoms with van der Waals surface area (Å²) in [4.78, 5) is 0. The van der Waals surface area contributed by atoms with Gasteiger partial charge in [-0.05, 0) is 52.6 Å². The normalized spacial score (nSPS) is 11.4. The quantitative estimate of drug-likeness (QED) is 0.518. The van der Waals surface area contributed by atoms with Crippen molar-refractivity contribution in [2.75, 3.05) is 0 Å². The monoisotopic (exact) mass is 392 g/mol. The highest BCUT2D eigenvalue weighted by Gasteiger charge is 1.98. The summed E-state index contributed by atoms with van der Waals surface area (Å²) in [6.45, 7) is 0. The van der Waals surface area contributed by atoms with E-state index in [1.165, 1.54) is 0 Å². The van der Waals surface area contributed by atoms with Crippen molar-refractivity contribution in [3.05, 3.63) is 93.5 Å². The number of hydrogen-bond donors (Lipinski definition) is 2. The van der Waals surface area contributed by atoms with Gasteiger partial charge in [0, 0.05) is 4.47 Å². The molecule has 2 N–H and O–H groups in total. The number of halogens is 1. The smallest absolute Gasteiger partial charge is 0.115 e. The van der Waals surface area contributed by atoms with E-state index in [1.807, 2.05) is 48.6 Å². The fourth-order valence-electron chi connectivity index (χ4n) is 2.33. The molecule has 0 unspecified atom stereocenters. The topological polar surface area (TPSA) is 40.5 Å². The predicted octanol–water partition coefficient (Wildman–Crippen LogP) is 6.20. The lowest BCUT2D eigenvalue weighted by Gasteiger charge is -2.02. The fraction of sp³-hybridized carbons (Fsp3) is 0. The zero-order valence-corrected chi connectivity index (χ0v) is 15.0. The van der Waals surface area contributed by atoms with Crippen LogP contribution < -0.4 is 0 Å². The second-order valence-electron chi connectivity index (χ2n) is 5.63. The van der Waals surface area contributed by atoms with Gasteiger partial charge in [0.15, 0.2) is 0 Å². The Bertz CT molecular complexity index is 908. The second kappa shape index (κ2) is 7.86. The van der Waals surface area contributed by atoms with Crippen molar-refractivity contribution < 1.29 is 10.2 Å². The first-order valence-electron chi connectivity index (χ1n) is 7.84. The average molecular weight is 393 g/mol. The van der Waals surface area contributed by atoms with E-state index < -0.39 is 0 Å². The van der Waals surface area contributed by atoms with Crippen molar-refractivity contribution in [2.45, 2.75) is 0 Å². The maximum Gasteiger partial charge on any atom is 0.115 e. The summed E-state index contributed by atoms with van der Waals surface area (Å²) in [6.07, 6.45) is 8.08. The molecular formula is C22H17BrO2. The number of aromatic hydroxyl groups is 2. The lowest BCUT2D eigenvalue weighted by Crippen LogP contribution is -1.79. The van der Waals surface area contributed by atoms with Gasteiger partial charge in [-0.25, -0.2) is 0 Å². The molecule has 0 aliphatic heterocycles. The minimum absolute atomic E-state index is 0.267. The molecule has 3 heteroatoms. The molecule has 2 nitrogen and oxygen atoms in total. The van der Waals surface area contributed by atoms with E-state index >= 15 is 0 Å². The van der Waals surface area contributed by atoms with Gasteiger partial charge in [0.1, 0.15) is 11.5 Å². The van der Waals surface area contributed by atoms with Gasteiger partial charge in [-0.15, -0.1) is 0 Å². The minimum Gasteiger partial charge on any atom is -0.508 e. The van der Waals surface area contributed by atoms with E-state index in [-0.39, 0.29) is 11.5 Å². The van der Waals surface area contributed by atoms with Crippen LogP contribution in [0.2, 0.25) is 0 Å². The van der Waals surface area contributed by atoms with Gasteiger partial charge in [0.25, 0.3) is 0 Å². The molecule has 0 fully saturated rings. The van der Waals surface area contributed by atoms with E-state index in [1.54, 1.807) is 24.3 Å². The molecule has 0 saturated carbocycles. The first-order valence-corrected chi connectivity index (χ1v) is 8.63. The van der Waals surface area contributed by atoms with Gasteiger partial charge < -0.3 is 10.2 Å². The molecule has 0 aliphatic rings. The van der Waals surface area contributed by atoms with Gasteiger partial charge in [-0.3, -0.25) is 0 Å². The molecule has 124 valence electrons. The van der Waals surface area contributed by atoms with Crippen LogP contribution in [0.1, 0.15) is 22.3 Å². The lowest BCUT2D eigenvalue weighted by atomic mass is 10.1. The Balaban J connectivity index is 1.74. The largest absolute Gasteiger partial charge is 0.508 e. The number of rotatable bonds is 4. The zero-order chi connectivity index (χ0) is 17.6. The van der Waals surface area contributed by atoms with Crippen LogP contribution in [0.4, 0.5) is 0 Å². The van der Waals surface area contributed by atoms with Gasteiger partial charge in [-0.1, -0.05) is 76.6 Å². The molecule has 0 heterocycles. The van der Waals surface area contributed by atoms with E-state index in [0.717, 1.165) is 26.7 Å². The lowest BCUT2D eigenvalue weighted by molar-refractivity contribution is 0.474. The molecule has 25 heavy (non-hydrogen) atoms. The van der Waals surface area contributed by atoms with E-state index in [4.69, 9.17) is 0 Å². The Morgan fingerprint density at radius 3 is 1.52 bits per heavy atom. The van der Waals surface area contributed by atoms with Crippen molar-refractivity contribution in [2.24, 2.45) is 0 Å². The summed E-state index contributed by atoms with van der Waals surface area (Å²) in [5.41, 5.74) is 4.22. The molecule has 0 amide bonds.